The topological polar surface area (TPSA) is 47.9 Å². The van der Waals surface area contributed by atoms with E-state index in [4.69, 9.17) is 4.43 Å². The fourth-order valence-corrected chi connectivity index (χ4v) is 1.69. The van der Waals surface area contributed by atoms with Gasteiger partial charge in [-0.1, -0.05) is 32.9 Å². The summed E-state index contributed by atoms with van der Waals surface area (Å²) in [5, 5.41) is 3.68. The summed E-state index contributed by atoms with van der Waals surface area (Å²) >= 11 is 0. The lowest BCUT2D eigenvalue weighted by atomic mass is 10.2. The first kappa shape index (κ1) is 15.2. The fourth-order valence-electron chi connectivity index (χ4n) is 0.800. The molecule has 0 N–H and O–H groups in total. The quantitative estimate of drug-likeness (QED) is 0.434. The number of rotatable bonds is 4. The van der Waals surface area contributed by atoms with E-state index in [0.717, 1.165) is 0 Å². The van der Waals surface area contributed by atoms with Crippen LogP contribution in [0.5, 0.6) is 0 Å². The van der Waals surface area contributed by atoms with Crippen LogP contribution in [-0.4, -0.2) is 27.1 Å². The molecule has 5 heteroatoms. The second-order valence-corrected chi connectivity index (χ2v) is 9.95. The van der Waals surface area contributed by atoms with Crippen LogP contribution in [-0.2, 0) is 14.1 Å². The van der Waals surface area contributed by atoms with E-state index >= 15 is 0 Å². The molecule has 0 bridgehead atoms. The maximum Gasteiger partial charge on any atom is 0.342 e. The lowest BCUT2D eigenvalue weighted by Gasteiger charge is -2.35. The zero-order valence-electron chi connectivity index (χ0n) is 11.4. The molecule has 0 radical (unpaired) electrons. The summed E-state index contributed by atoms with van der Waals surface area (Å²) in [4.78, 5) is 16.4. The van der Waals surface area contributed by atoms with Crippen molar-refractivity contribution >= 4 is 20.0 Å². The summed E-state index contributed by atoms with van der Waals surface area (Å²) in [6, 6.07) is 0. The Morgan fingerprint density at radius 3 is 2.12 bits per heavy atom. The number of carbonyl (C=O) groups excluding carboxylic acids is 1. The highest BCUT2D eigenvalue weighted by atomic mass is 28.4. The molecule has 0 aliphatic rings. The van der Waals surface area contributed by atoms with Gasteiger partial charge in [-0.05, 0) is 24.6 Å². The molecule has 0 spiro atoms. The number of oxime groups is 1. The largest absolute Gasteiger partial charge is 0.515 e. The van der Waals surface area contributed by atoms with Crippen molar-refractivity contribution in [3.8, 4) is 0 Å². The summed E-state index contributed by atoms with van der Waals surface area (Å²) < 4.78 is 5.60. The summed E-state index contributed by atoms with van der Waals surface area (Å²) in [5.41, 5.74) is 0.340. The standard InChI is InChI=1S/C11H23NO3Si/c1-8-9(12-14-5)10(13)15-16(6,7)11(2,3)4/h8H2,1-7H3/b12-9-. The molecule has 4 nitrogen and oxygen atoms in total. The van der Waals surface area contributed by atoms with Gasteiger partial charge in [-0.3, -0.25) is 0 Å². The molecule has 94 valence electrons. The summed E-state index contributed by atoms with van der Waals surface area (Å²) in [5.74, 6) is -0.351. The zero-order chi connectivity index (χ0) is 13.0. The van der Waals surface area contributed by atoms with Crippen molar-refractivity contribution < 1.29 is 14.1 Å². The second kappa shape index (κ2) is 5.47. The van der Waals surface area contributed by atoms with Crippen LogP contribution >= 0.6 is 0 Å². The Morgan fingerprint density at radius 2 is 1.81 bits per heavy atom. The van der Waals surface area contributed by atoms with E-state index in [1.165, 1.54) is 7.11 Å². The lowest BCUT2D eigenvalue weighted by molar-refractivity contribution is -0.128. The minimum absolute atomic E-state index is 0.00852. The van der Waals surface area contributed by atoms with E-state index < -0.39 is 8.32 Å². The minimum atomic E-state index is -2.06. The first-order valence-corrected chi connectivity index (χ1v) is 8.40. The molecule has 0 aliphatic carbocycles. The van der Waals surface area contributed by atoms with Gasteiger partial charge in [-0.2, -0.15) is 0 Å². The molecule has 0 amide bonds. The first-order valence-electron chi connectivity index (χ1n) is 5.49. The summed E-state index contributed by atoms with van der Waals surface area (Å²) in [6.07, 6.45) is 0.515. The van der Waals surface area contributed by atoms with E-state index in [1.807, 2.05) is 20.0 Å². The molecular formula is C11H23NO3Si. The van der Waals surface area contributed by atoms with Gasteiger partial charge in [0.25, 0.3) is 8.32 Å². The van der Waals surface area contributed by atoms with Crippen LogP contribution in [0.4, 0.5) is 0 Å². The molecule has 0 heterocycles. The SMILES string of the molecule is CC/C(=N/OC)C(=O)O[Si](C)(C)C(C)(C)C. The Labute approximate surface area is 99.1 Å². The minimum Gasteiger partial charge on any atom is -0.515 e. The maximum atomic E-state index is 11.8. The number of nitrogens with zero attached hydrogens (tertiary/aromatic N) is 1. The van der Waals surface area contributed by atoms with Gasteiger partial charge in [0.1, 0.15) is 7.11 Å². The molecule has 0 rings (SSSR count). The second-order valence-electron chi connectivity index (χ2n) is 5.22. The van der Waals surface area contributed by atoms with Crippen molar-refractivity contribution in [1.82, 2.24) is 0 Å². The zero-order valence-corrected chi connectivity index (χ0v) is 12.4. The van der Waals surface area contributed by atoms with Crippen molar-refractivity contribution in [1.29, 1.82) is 0 Å². The Bertz CT molecular complexity index is 279. The van der Waals surface area contributed by atoms with E-state index in [2.05, 4.69) is 30.8 Å². The Hall–Kier alpha value is -0.843. The smallest absolute Gasteiger partial charge is 0.342 e. The van der Waals surface area contributed by atoms with Crippen molar-refractivity contribution in [3.05, 3.63) is 0 Å². The molecule has 0 aromatic rings. The number of hydrogen-bond acceptors (Lipinski definition) is 4. The Kier molecular flexibility index (Phi) is 5.19. The van der Waals surface area contributed by atoms with Crippen molar-refractivity contribution in [2.45, 2.75) is 52.2 Å². The van der Waals surface area contributed by atoms with E-state index in [9.17, 15) is 4.79 Å². The van der Waals surface area contributed by atoms with Crippen LogP contribution < -0.4 is 0 Å². The molecule has 0 atom stereocenters. The van der Waals surface area contributed by atoms with Crippen LogP contribution in [0.1, 0.15) is 34.1 Å². The molecule has 0 saturated heterocycles. The maximum absolute atomic E-state index is 11.8. The van der Waals surface area contributed by atoms with Crippen LogP contribution in [0.25, 0.3) is 0 Å². The molecule has 0 aliphatic heterocycles. The highest BCUT2D eigenvalue weighted by Gasteiger charge is 2.41. The van der Waals surface area contributed by atoms with Crippen molar-refractivity contribution in [2.24, 2.45) is 5.16 Å². The molecule has 16 heavy (non-hydrogen) atoms. The number of hydrogen-bond donors (Lipinski definition) is 0. The molecule has 0 aromatic heterocycles. The first-order chi connectivity index (χ1) is 7.15. The van der Waals surface area contributed by atoms with Gasteiger partial charge in [-0.25, -0.2) is 4.79 Å². The van der Waals surface area contributed by atoms with E-state index in [-0.39, 0.29) is 11.0 Å². The van der Waals surface area contributed by atoms with Crippen LogP contribution in [0, 0.1) is 0 Å². The average Bonchev–Trinajstić information content (AvgIpc) is 2.11. The van der Waals surface area contributed by atoms with Gasteiger partial charge < -0.3 is 9.26 Å². The third-order valence-electron chi connectivity index (χ3n) is 2.93. The monoisotopic (exact) mass is 245 g/mol. The molecule has 0 unspecified atom stereocenters. The third-order valence-corrected chi connectivity index (χ3v) is 7.23. The van der Waals surface area contributed by atoms with E-state index in [0.29, 0.717) is 12.1 Å². The van der Waals surface area contributed by atoms with Gasteiger partial charge in [0.2, 0.25) is 0 Å². The van der Waals surface area contributed by atoms with Gasteiger partial charge in [0, 0.05) is 0 Å². The van der Waals surface area contributed by atoms with Crippen molar-refractivity contribution in [2.75, 3.05) is 7.11 Å². The summed E-state index contributed by atoms with van der Waals surface area (Å²) in [6.45, 7) is 12.2. The number of carbonyl (C=O) groups is 1. The highest BCUT2D eigenvalue weighted by molar-refractivity contribution is 6.76. The normalized spacial score (nSPS) is 13.6. The van der Waals surface area contributed by atoms with Gasteiger partial charge in [0.05, 0.1) is 0 Å². The summed E-state index contributed by atoms with van der Waals surface area (Å²) in [7, 11) is -0.636. The molecule has 0 fully saturated rings. The van der Waals surface area contributed by atoms with E-state index in [1.54, 1.807) is 0 Å². The third kappa shape index (κ3) is 3.96. The predicted molar refractivity (Wildman–Crippen MR) is 68.0 cm³/mol. The molecular weight excluding hydrogens is 222 g/mol. The predicted octanol–water partition coefficient (Wildman–Crippen LogP) is 2.95. The average molecular weight is 245 g/mol. The van der Waals surface area contributed by atoms with Crippen LogP contribution in [0.2, 0.25) is 18.1 Å². The molecule has 0 saturated carbocycles. The Balaban J connectivity index is 4.74. The molecule has 0 aromatic carbocycles. The van der Waals surface area contributed by atoms with Gasteiger partial charge >= 0.3 is 5.97 Å². The van der Waals surface area contributed by atoms with Crippen molar-refractivity contribution in [3.63, 3.8) is 0 Å². The van der Waals surface area contributed by atoms with Gasteiger partial charge in [0.15, 0.2) is 5.71 Å². The van der Waals surface area contributed by atoms with Gasteiger partial charge in [-0.15, -0.1) is 0 Å². The Morgan fingerprint density at radius 1 is 1.31 bits per heavy atom. The fraction of sp³-hybridized carbons (Fsp3) is 0.818. The van der Waals surface area contributed by atoms with Crippen LogP contribution in [0.3, 0.4) is 0 Å². The van der Waals surface area contributed by atoms with Crippen LogP contribution in [0.15, 0.2) is 5.16 Å². The highest BCUT2D eigenvalue weighted by Crippen LogP contribution is 2.36. The lowest BCUT2D eigenvalue weighted by Crippen LogP contribution is -2.44.